The van der Waals surface area contributed by atoms with Crippen LogP contribution in [-0.4, -0.2) is 39.8 Å². The number of likely N-dealkylation sites (tertiary alicyclic amines) is 1. The summed E-state index contributed by atoms with van der Waals surface area (Å²) in [5.41, 5.74) is -0.161. The largest absolute Gasteiger partial charge is 0.465 e. The first-order valence-electron chi connectivity index (χ1n) is 6.37. The third-order valence-electron chi connectivity index (χ3n) is 3.33. The number of carbonyl (C=O) groups is 1. The summed E-state index contributed by atoms with van der Waals surface area (Å²) in [5, 5.41) is 9.92. The lowest BCUT2D eigenvalue weighted by molar-refractivity contribution is 0.0571. The van der Waals surface area contributed by atoms with Crippen molar-refractivity contribution in [2.75, 3.05) is 6.54 Å². The molecule has 6 heteroatoms. The van der Waals surface area contributed by atoms with Gasteiger partial charge in [-0.25, -0.2) is 9.78 Å². The van der Waals surface area contributed by atoms with E-state index in [1.807, 2.05) is 27.7 Å². The maximum absolute atomic E-state index is 11.3. The predicted octanol–water partition coefficient (Wildman–Crippen LogP) is 3.00. The van der Waals surface area contributed by atoms with E-state index in [1.165, 1.54) is 16.2 Å². The zero-order valence-electron chi connectivity index (χ0n) is 11.7. The van der Waals surface area contributed by atoms with Crippen LogP contribution in [0.3, 0.4) is 0 Å². The molecule has 106 valence electrons. The second kappa shape index (κ2) is 5.00. The second-order valence-electron chi connectivity index (χ2n) is 5.97. The molecule has 1 N–H and O–H groups in total. The molecule has 2 heterocycles. The summed E-state index contributed by atoms with van der Waals surface area (Å²) < 4.78 is 5.92. The minimum atomic E-state index is -0.874. The zero-order chi connectivity index (χ0) is 14.2. The molecule has 2 atom stereocenters. The number of aromatic nitrogens is 1. The highest BCUT2D eigenvalue weighted by atomic mass is 32.1. The summed E-state index contributed by atoms with van der Waals surface area (Å²) in [6.45, 7) is 8.63. The molecular formula is C13H20N2O3S. The van der Waals surface area contributed by atoms with Crippen molar-refractivity contribution < 1.29 is 14.6 Å². The Hall–Kier alpha value is -1.30. The first kappa shape index (κ1) is 14.1. The number of rotatable bonds is 2. The molecule has 0 bridgehead atoms. The van der Waals surface area contributed by atoms with Gasteiger partial charge in [-0.05, 0) is 12.3 Å². The fourth-order valence-corrected chi connectivity index (χ4v) is 3.30. The summed E-state index contributed by atoms with van der Waals surface area (Å²) in [7, 11) is 0. The molecule has 1 fully saturated rings. The Morgan fingerprint density at radius 1 is 1.58 bits per heavy atom. The van der Waals surface area contributed by atoms with Gasteiger partial charge in [0.25, 0.3) is 5.19 Å². The Kier molecular flexibility index (Phi) is 3.71. The molecule has 2 rings (SSSR count). The van der Waals surface area contributed by atoms with Crippen LogP contribution < -0.4 is 4.74 Å². The number of amides is 1. The number of hydrogen-bond acceptors (Lipinski definition) is 4. The molecule has 1 aromatic heterocycles. The van der Waals surface area contributed by atoms with E-state index in [0.717, 1.165) is 4.88 Å². The van der Waals surface area contributed by atoms with Gasteiger partial charge in [0.2, 0.25) is 0 Å². The molecule has 1 unspecified atom stereocenters. The van der Waals surface area contributed by atoms with Gasteiger partial charge in [0.1, 0.15) is 6.10 Å². The van der Waals surface area contributed by atoms with Crippen molar-refractivity contribution in [2.45, 2.75) is 46.3 Å². The van der Waals surface area contributed by atoms with Gasteiger partial charge in [-0.3, -0.25) is 0 Å². The van der Waals surface area contributed by atoms with Crippen molar-refractivity contribution in [3.63, 3.8) is 0 Å². The van der Waals surface area contributed by atoms with E-state index < -0.39 is 6.09 Å². The third kappa shape index (κ3) is 3.00. The lowest BCUT2D eigenvalue weighted by atomic mass is 9.84. The topological polar surface area (TPSA) is 62.7 Å². The number of aryl methyl sites for hydroxylation is 1. The highest BCUT2D eigenvalue weighted by Gasteiger charge is 2.45. The van der Waals surface area contributed by atoms with Gasteiger partial charge < -0.3 is 14.7 Å². The molecule has 1 aliphatic heterocycles. The van der Waals surface area contributed by atoms with Crippen LogP contribution in [0.1, 0.15) is 32.1 Å². The molecule has 1 amide bonds. The standard InChI is InChI=1S/C13H20N2O3S/c1-8-7-14-11(19-8)18-9-5-6-15(12(16)17)10(9)13(2,3)4/h7,9-10H,5-6H2,1-4H3,(H,16,17)/t9-,10?/m1/s1. The summed E-state index contributed by atoms with van der Waals surface area (Å²) in [6, 6.07) is -0.144. The predicted molar refractivity (Wildman–Crippen MR) is 73.9 cm³/mol. The van der Waals surface area contributed by atoms with E-state index in [2.05, 4.69) is 4.98 Å². The van der Waals surface area contributed by atoms with Crippen LogP contribution in [0, 0.1) is 12.3 Å². The van der Waals surface area contributed by atoms with E-state index in [1.54, 1.807) is 6.20 Å². The quantitative estimate of drug-likeness (QED) is 0.906. The molecule has 1 saturated heterocycles. The molecule has 0 aromatic carbocycles. The Morgan fingerprint density at radius 3 is 2.74 bits per heavy atom. The van der Waals surface area contributed by atoms with Gasteiger partial charge in [0, 0.05) is 24.0 Å². The Morgan fingerprint density at radius 2 is 2.26 bits per heavy atom. The summed E-state index contributed by atoms with van der Waals surface area (Å²) in [6.07, 6.45) is 1.49. The molecule has 0 saturated carbocycles. The van der Waals surface area contributed by atoms with Crippen LogP contribution in [0.5, 0.6) is 5.19 Å². The molecule has 0 aliphatic carbocycles. The molecule has 1 aliphatic rings. The maximum atomic E-state index is 11.3. The number of ether oxygens (including phenoxy) is 1. The van der Waals surface area contributed by atoms with Crippen molar-refractivity contribution in [3.05, 3.63) is 11.1 Å². The highest BCUT2D eigenvalue weighted by Crippen LogP contribution is 2.36. The van der Waals surface area contributed by atoms with Gasteiger partial charge in [-0.2, -0.15) is 0 Å². The van der Waals surface area contributed by atoms with Gasteiger partial charge >= 0.3 is 6.09 Å². The van der Waals surface area contributed by atoms with Crippen LogP contribution in [0.15, 0.2) is 6.20 Å². The fourth-order valence-electron chi connectivity index (χ4n) is 2.65. The maximum Gasteiger partial charge on any atom is 0.407 e. The van der Waals surface area contributed by atoms with E-state index in [9.17, 15) is 9.90 Å². The Labute approximate surface area is 117 Å². The number of thiazole rings is 1. The summed E-state index contributed by atoms with van der Waals surface area (Å²) in [4.78, 5) is 18.1. The first-order valence-corrected chi connectivity index (χ1v) is 7.19. The molecular weight excluding hydrogens is 264 g/mol. The van der Waals surface area contributed by atoms with Gasteiger partial charge in [-0.15, -0.1) is 0 Å². The molecule has 1 aromatic rings. The minimum Gasteiger partial charge on any atom is -0.465 e. The van der Waals surface area contributed by atoms with Crippen LogP contribution in [0.4, 0.5) is 4.79 Å². The smallest absolute Gasteiger partial charge is 0.407 e. The number of hydrogen-bond donors (Lipinski definition) is 1. The van der Waals surface area contributed by atoms with Gasteiger partial charge in [0.15, 0.2) is 0 Å². The van der Waals surface area contributed by atoms with Crippen molar-refractivity contribution in [1.82, 2.24) is 9.88 Å². The van der Waals surface area contributed by atoms with Crippen LogP contribution in [0.25, 0.3) is 0 Å². The lowest BCUT2D eigenvalue weighted by Gasteiger charge is -2.36. The summed E-state index contributed by atoms with van der Waals surface area (Å²) in [5.74, 6) is 0. The molecule has 0 radical (unpaired) electrons. The van der Waals surface area contributed by atoms with Crippen LogP contribution in [0.2, 0.25) is 0 Å². The van der Waals surface area contributed by atoms with E-state index >= 15 is 0 Å². The summed E-state index contributed by atoms with van der Waals surface area (Å²) >= 11 is 1.50. The Bertz CT molecular complexity index is 467. The lowest BCUT2D eigenvalue weighted by Crippen LogP contribution is -2.48. The van der Waals surface area contributed by atoms with E-state index in [4.69, 9.17) is 4.74 Å². The van der Waals surface area contributed by atoms with Crippen molar-refractivity contribution in [3.8, 4) is 5.19 Å². The molecule has 0 spiro atoms. The van der Waals surface area contributed by atoms with Crippen LogP contribution in [-0.2, 0) is 0 Å². The van der Waals surface area contributed by atoms with E-state index in [0.29, 0.717) is 18.2 Å². The SMILES string of the molecule is Cc1cnc(O[C@@H]2CCN(C(=O)O)C2C(C)(C)C)s1. The highest BCUT2D eigenvalue weighted by molar-refractivity contribution is 7.13. The van der Waals surface area contributed by atoms with Crippen molar-refractivity contribution >= 4 is 17.4 Å². The average Bonchev–Trinajstić information content (AvgIpc) is 2.84. The number of carboxylic acid groups (broad SMARTS) is 1. The third-order valence-corrected chi connectivity index (χ3v) is 4.13. The van der Waals surface area contributed by atoms with E-state index in [-0.39, 0.29) is 17.6 Å². The average molecular weight is 284 g/mol. The monoisotopic (exact) mass is 284 g/mol. The number of nitrogens with zero attached hydrogens (tertiary/aromatic N) is 2. The first-order chi connectivity index (χ1) is 8.79. The van der Waals surface area contributed by atoms with Gasteiger partial charge in [0.05, 0.1) is 6.04 Å². The van der Waals surface area contributed by atoms with Crippen molar-refractivity contribution in [1.29, 1.82) is 0 Å². The zero-order valence-corrected chi connectivity index (χ0v) is 12.5. The normalized spacial score (nSPS) is 23.7. The van der Waals surface area contributed by atoms with Gasteiger partial charge in [-0.1, -0.05) is 32.1 Å². The minimum absolute atomic E-state index is 0.123. The van der Waals surface area contributed by atoms with Crippen molar-refractivity contribution in [2.24, 2.45) is 5.41 Å². The second-order valence-corrected chi connectivity index (χ2v) is 7.17. The van der Waals surface area contributed by atoms with Crippen LogP contribution >= 0.6 is 11.3 Å². The molecule has 5 nitrogen and oxygen atoms in total. The molecule has 19 heavy (non-hydrogen) atoms. The Balaban J connectivity index is 2.17. The fraction of sp³-hybridized carbons (Fsp3) is 0.692.